The van der Waals surface area contributed by atoms with Crippen LogP contribution in [0.1, 0.15) is 11.3 Å². The lowest BCUT2D eigenvalue weighted by molar-refractivity contribution is 0.384. The van der Waals surface area contributed by atoms with Crippen molar-refractivity contribution in [3.63, 3.8) is 0 Å². The van der Waals surface area contributed by atoms with Gasteiger partial charge in [-0.3, -0.25) is 0 Å². The van der Waals surface area contributed by atoms with Crippen LogP contribution in [0.15, 0.2) is 57.2 Å². The average Bonchev–Trinajstić information content (AvgIpc) is 3.16. The fraction of sp³-hybridized carbons (Fsp3) is 0.250. The Hall–Kier alpha value is -1.52. The Bertz CT molecular complexity index is 1140. The van der Waals surface area contributed by atoms with E-state index in [0.29, 0.717) is 42.1 Å². The number of hydrogen-bond donors (Lipinski definition) is 0. The normalized spacial score (nSPS) is 15.5. The van der Waals surface area contributed by atoms with Gasteiger partial charge in [0.2, 0.25) is 10.0 Å². The van der Waals surface area contributed by atoms with E-state index in [0.717, 1.165) is 16.4 Å². The highest BCUT2D eigenvalue weighted by Crippen LogP contribution is 2.28. The number of nitrogens with zero attached hydrogens (tertiary/aromatic N) is 3. The topological polar surface area (TPSA) is 53.5 Å². The SMILES string of the molecule is O=S(=O)(c1ccccc1Br)N1CCN(c2nc(Cc3cc(F)cc(Cl)c3)cs2)CC1. The lowest BCUT2D eigenvalue weighted by Crippen LogP contribution is -2.48. The van der Waals surface area contributed by atoms with Crippen LogP contribution in [0.2, 0.25) is 5.02 Å². The van der Waals surface area contributed by atoms with Crippen molar-refractivity contribution in [3.8, 4) is 0 Å². The van der Waals surface area contributed by atoms with Crippen molar-refractivity contribution < 1.29 is 12.8 Å². The van der Waals surface area contributed by atoms with Gasteiger partial charge in [0, 0.05) is 47.5 Å². The molecule has 2 aromatic carbocycles. The van der Waals surface area contributed by atoms with Crippen LogP contribution in [0.4, 0.5) is 9.52 Å². The Balaban J connectivity index is 1.42. The minimum absolute atomic E-state index is 0.281. The number of anilines is 1. The Morgan fingerprint density at radius 3 is 2.57 bits per heavy atom. The van der Waals surface area contributed by atoms with Crippen LogP contribution in [0, 0.1) is 5.82 Å². The van der Waals surface area contributed by atoms with E-state index < -0.39 is 10.0 Å². The summed E-state index contributed by atoms with van der Waals surface area (Å²) in [6.07, 6.45) is 0.490. The predicted octanol–water partition coefficient (Wildman–Crippen LogP) is 4.80. The van der Waals surface area contributed by atoms with E-state index in [4.69, 9.17) is 11.6 Å². The third-order valence-corrected chi connectivity index (χ3v) is 8.89. The number of piperazine rings is 1. The molecule has 1 aliphatic heterocycles. The lowest BCUT2D eigenvalue weighted by Gasteiger charge is -2.34. The molecule has 5 nitrogen and oxygen atoms in total. The minimum atomic E-state index is -3.55. The summed E-state index contributed by atoms with van der Waals surface area (Å²) < 4.78 is 41.5. The second-order valence-electron chi connectivity index (χ2n) is 6.90. The van der Waals surface area contributed by atoms with Gasteiger partial charge in [-0.1, -0.05) is 23.7 Å². The van der Waals surface area contributed by atoms with Gasteiger partial charge in [-0.2, -0.15) is 4.31 Å². The summed E-state index contributed by atoms with van der Waals surface area (Å²) in [7, 11) is -3.55. The maximum absolute atomic E-state index is 13.5. The molecule has 10 heteroatoms. The molecule has 0 saturated carbocycles. The molecule has 0 N–H and O–H groups in total. The monoisotopic (exact) mass is 529 g/mol. The molecule has 0 radical (unpaired) electrons. The molecule has 0 spiro atoms. The smallest absolute Gasteiger partial charge is 0.244 e. The molecule has 1 fully saturated rings. The summed E-state index contributed by atoms with van der Waals surface area (Å²) in [5.41, 5.74) is 1.60. The van der Waals surface area contributed by atoms with Gasteiger partial charge in [0.1, 0.15) is 5.82 Å². The number of halogens is 3. The quantitative estimate of drug-likeness (QED) is 0.476. The molecular formula is C20H18BrClFN3O2S2. The van der Waals surface area contributed by atoms with Gasteiger partial charge in [-0.25, -0.2) is 17.8 Å². The summed E-state index contributed by atoms with van der Waals surface area (Å²) in [5, 5.41) is 3.14. The van der Waals surface area contributed by atoms with Crippen LogP contribution < -0.4 is 4.90 Å². The van der Waals surface area contributed by atoms with Crippen LogP contribution in [0.5, 0.6) is 0 Å². The first kappa shape index (κ1) is 21.7. The second-order valence-corrected chi connectivity index (χ2v) is 10.9. The van der Waals surface area contributed by atoms with Crippen LogP contribution in [0.3, 0.4) is 0 Å². The van der Waals surface area contributed by atoms with Crippen LogP contribution in [-0.4, -0.2) is 43.9 Å². The Kier molecular flexibility index (Phi) is 6.45. The lowest BCUT2D eigenvalue weighted by atomic mass is 10.1. The average molecular weight is 531 g/mol. The van der Waals surface area contributed by atoms with E-state index >= 15 is 0 Å². The summed E-state index contributed by atoms with van der Waals surface area (Å²) in [6, 6.07) is 11.3. The van der Waals surface area contributed by atoms with Crippen molar-refractivity contribution >= 4 is 54.0 Å². The standard InChI is InChI=1S/C20H18BrClFN3O2S2/c21-18-3-1-2-4-19(18)30(27,28)26-7-5-25(6-8-26)20-24-17(13-29-20)11-14-9-15(22)12-16(23)10-14/h1-4,9-10,12-13H,5-8,11H2. The first-order chi connectivity index (χ1) is 14.3. The van der Waals surface area contributed by atoms with Crippen molar-refractivity contribution in [1.29, 1.82) is 0 Å². The molecular weight excluding hydrogens is 513 g/mol. The van der Waals surface area contributed by atoms with Gasteiger partial charge < -0.3 is 4.90 Å². The Morgan fingerprint density at radius 1 is 1.13 bits per heavy atom. The second kappa shape index (κ2) is 8.92. The molecule has 30 heavy (non-hydrogen) atoms. The van der Waals surface area contributed by atoms with Crippen molar-refractivity contribution in [3.05, 3.63) is 74.4 Å². The van der Waals surface area contributed by atoms with Gasteiger partial charge >= 0.3 is 0 Å². The number of thiazole rings is 1. The zero-order valence-electron chi connectivity index (χ0n) is 15.8. The maximum atomic E-state index is 13.5. The molecule has 1 aliphatic rings. The Morgan fingerprint density at radius 2 is 1.87 bits per heavy atom. The van der Waals surface area contributed by atoms with Crippen molar-refractivity contribution in [2.75, 3.05) is 31.1 Å². The van der Waals surface area contributed by atoms with Crippen molar-refractivity contribution in [2.45, 2.75) is 11.3 Å². The molecule has 1 aromatic heterocycles. The fourth-order valence-electron chi connectivity index (χ4n) is 3.36. The summed E-state index contributed by atoms with van der Waals surface area (Å²) in [6.45, 7) is 1.89. The molecule has 0 amide bonds. The molecule has 1 saturated heterocycles. The van der Waals surface area contributed by atoms with E-state index in [1.807, 2.05) is 5.38 Å². The highest BCUT2D eigenvalue weighted by molar-refractivity contribution is 9.10. The number of rotatable bonds is 5. The van der Waals surface area contributed by atoms with E-state index in [1.165, 1.54) is 27.8 Å². The largest absolute Gasteiger partial charge is 0.345 e. The first-order valence-electron chi connectivity index (χ1n) is 9.22. The zero-order valence-corrected chi connectivity index (χ0v) is 19.7. The number of sulfonamides is 1. The van der Waals surface area contributed by atoms with Crippen LogP contribution >= 0.6 is 38.9 Å². The van der Waals surface area contributed by atoms with Gasteiger partial charge in [0.25, 0.3) is 0 Å². The molecule has 2 heterocycles. The van der Waals surface area contributed by atoms with Gasteiger partial charge in [-0.05, 0) is 51.8 Å². The molecule has 3 aromatic rings. The summed E-state index contributed by atoms with van der Waals surface area (Å²) >= 11 is 10.8. The van der Waals surface area contributed by atoms with E-state index in [2.05, 4.69) is 25.8 Å². The highest BCUT2D eigenvalue weighted by atomic mass is 79.9. The molecule has 0 bridgehead atoms. The van der Waals surface area contributed by atoms with Gasteiger partial charge in [0.15, 0.2) is 5.13 Å². The van der Waals surface area contributed by atoms with Crippen molar-refractivity contribution in [2.24, 2.45) is 0 Å². The maximum Gasteiger partial charge on any atom is 0.244 e. The van der Waals surface area contributed by atoms with E-state index in [-0.39, 0.29) is 10.7 Å². The van der Waals surface area contributed by atoms with Crippen LogP contribution in [-0.2, 0) is 16.4 Å². The van der Waals surface area contributed by atoms with E-state index in [1.54, 1.807) is 30.3 Å². The zero-order chi connectivity index (χ0) is 21.3. The fourth-order valence-corrected chi connectivity index (χ4v) is 6.87. The molecule has 0 atom stereocenters. The summed E-state index contributed by atoms with van der Waals surface area (Å²) in [5.74, 6) is -0.365. The minimum Gasteiger partial charge on any atom is -0.345 e. The number of hydrogen-bond acceptors (Lipinski definition) is 5. The first-order valence-corrected chi connectivity index (χ1v) is 12.7. The predicted molar refractivity (Wildman–Crippen MR) is 121 cm³/mol. The van der Waals surface area contributed by atoms with E-state index in [9.17, 15) is 12.8 Å². The third kappa shape index (κ3) is 4.70. The third-order valence-electron chi connectivity index (χ3n) is 4.81. The van der Waals surface area contributed by atoms with Crippen molar-refractivity contribution in [1.82, 2.24) is 9.29 Å². The number of benzene rings is 2. The summed E-state index contributed by atoms with van der Waals surface area (Å²) in [4.78, 5) is 7.01. The highest BCUT2D eigenvalue weighted by Gasteiger charge is 2.30. The van der Waals surface area contributed by atoms with Gasteiger partial charge in [-0.15, -0.1) is 11.3 Å². The van der Waals surface area contributed by atoms with Crippen LogP contribution in [0.25, 0.3) is 0 Å². The molecule has 4 rings (SSSR count). The van der Waals surface area contributed by atoms with Gasteiger partial charge in [0.05, 0.1) is 10.6 Å². The molecule has 0 unspecified atom stereocenters. The molecule has 158 valence electrons. The molecule has 0 aliphatic carbocycles. The Labute approximate surface area is 192 Å². The number of aromatic nitrogens is 1.